The van der Waals surface area contributed by atoms with Gasteiger partial charge in [-0.2, -0.15) is 0 Å². The number of hydrogen-bond donors (Lipinski definition) is 1. The van der Waals surface area contributed by atoms with Crippen LogP contribution in [0.1, 0.15) is 59.8 Å². The lowest BCUT2D eigenvalue weighted by atomic mass is 9.84. The van der Waals surface area contributed by atoms with Crippen LogP contribution in [-0.2, 0) is 0 Å². The molecule has 0 aliphatic heterocycles. The zero-order valence-corrected chi connectivity index (χ0v) is 12.8. The standard InChI is InChI=1S/C15H34N2/c1-6-9-12-17(5)14-15(4,10-7-2)13-16-11-8-3/h16H,6-14H2,1-5H3. The Morgan fingerprint density at radius 3 is 2.29 bits per heavy atom. The average Bonchev–Trinajstić information content (AvgIpc) is 2.27. The van der Waals surface area contributed by atoms with Gasteiger partial charge in [-0.1, -0.05) is 40.5 Å². The molecule has 0 aromatic heterocycles. The van der Waals surface area contributed by atoms with Crippen LogP contribution in [0.15, 0.2) is 0 Å². The molecule has 1 N–H and O–H groups in total. The number of hydrogen-bond acceptors (Lipinski definition) is 2. The van der Waals surface area contributed by atoms with E-state index < -0.39 is 0 Å². The summed E-state index contributed by atoms with van der Waals surface area (Å²) < 4.78 is 0. The summed E-state index contributed by atoms with van der Waals surface area (Å²) in [7, 11) is 2.27. The van der Waals surface area contributed by atoms with Gasteiger partial charge >= 0.3 is 0 Å². The Labute approximate surface area is 109 Å². The molecular weight excluding hydrogens is 208 g/mol. The highest BCUT2D eigenvalue weighted by Gasteiger charge is 2.24. The number of nitrogens with one attached hydrogen (secondary N) is 1. The average molecular weight is 242 g/mol. The monoisotopic (exact) mass is 242 g/mol. The second-order valence-corrected chi connectivity index (χ2v) is 5.83. The third kappa shape index (κ3) is 8.62. The maximum absolute atomic E-state index is 3.60. The number of unbranched alkanes of at least 4 members (excludes halogenated alkanes) is 1. The summed E-state index contributed by atoms with van der Waals surface area (Å²) in [6.07, 6.45) is 6.45. The molecule has 2 heteroatoms. The minimum absolute atomic E-state index is 0.437. The second-order valence-electron chi connectivity index (χ2n) is 5.83. The van der Waals surface area contributed by atoms with Crippen LogP contribution in [0.4, 0.5) is 0 Å². The molecule has 2 nitrogen and oxygen atoms in total. The molecule has 0 heterocycles. The van der Waals surface area contributed by atoms with E-state index in [9.17, 15) is 0 Å². The summed E-state index contributed by atoms with van der Waals surface area (Å²) in [5.41, 5.74) is 0.437. The molecule has 0 fully saturated rings. The van der Waals surface area contributed by atoms with Crippen molar-refractivity contribution in [2.75, 3.05) is 33.2 Å². The Bertz CT molecular complexity index is 170. The van der Waals surface area contributed by atoms with Gasteiger partial charge in [0.25, 0.3) is 0 Å². The van der Waals surface area contributed by atoms with Crippen molar-refractivity contribution in [3.05, 3.63) is 0 Å². The minimum atomic E-state index is 0.437. The van der Waals surface area contributed by atoms with E-state index >= 15 is 0 Å². The fourth-order valence-corrected chi connectivity index (χ4v) is 2.55. The summed E-state index contributed by atoms with van der Waals surface area (Å²) >= 11 is 0. The molecule has 0 aliphatic rings. The Balaban J connectivity index is 4.08. The van der Waals surface area contributed by atoms with Crippen LogP contribution in [0.2, 0.25) is 0 Å². The van der Waals surface area contributed by atoms with Crippen LogP contribution in [0, 0.1) is 5.41 Å². The Kier molecular flexibility index (Phi) is 9.85. The van der Waals surface area contributed by atoms with E-state index in [0.29, 0.717) is 5.41 Å². The molecule has 0 amide bonds. The molecule has 0 aromatic carbocycles. The lowest BCUT2D eigenvalue weighted by Crippen LogP contribution is -2.41. The topological polar surface area (TPSA) is 15.3 Å². The highest BCUT2D eigenvalue weighted by Crippen LogP contribution is 2.23. The molecule has 0 bridgehead atoms. The fourth-order valence-electron chi connectivity index (χ4n) is 2.55. The zero-order valence-electron chi connectivity index (χ0n) is 12.8. The fraction of sp³-hybridized carbons (Fsp3) is 1.00. The van der Waals surface area contributed by atoms with Gasteiger partial charge in [0.15, 0.2) is 0 Å². The smallest absolute Gasteiger partial charge is 0.00444 e. The van der Waals surface area contributed by atoms with Gasteiger partial charge < -0.3 is 10.2 Å². The molecule has 0 rings (SSSR count). The van der Waals surface area contributed by atoms with Crippen molar-refractivity contribution in [3.8, 4) is 0 Å². The first-order valence-electron chi connectivity index (χ1n) is 7.47. The van der Waals surface area contributed by atoms with Crippen molar-refractivity contribution in [1.82, 2.24) is 10.2 Å². The highest BCUT2D eigenvalue weighted by atomic mass is 15.1. The first kappa shape index (κ1) is 16.9. The molecular formula is C15H34N2. The van der Waals surface area contributed by atoms with Gasteiger partial charge in [-0.25, -0.2) is 0 Å². The molecule has 0 radical (unpaired) electrons. The molecule has 1 unspecified atom stereocenters. The third-order valence-corrected chi connectivity index (χ3v) is 3.38. The summed E-state index contributed by atoms with van der Waals surface area (Å²) in [5.74, 6) is 0. The van der Waals surface area contributed by atoms with Crippen LogP contribution >= 0.6 is 0 Å². The molecule has 1 atom stereocenters. The van der Waals surface area contributed by atoms with Crippen molar-refractivity contribution in [3.63, 3.8) is 0 Å². The van der Waals surface area contributed by atoms with E-state index in [1.54, 1.807) is 0 Å². The van der Waals surface area contributed by atoms with Gasteiger partial charge in [0.05, 0.1) is 0 Å². The van der Waals surface area contributed by atoms with Crippen molar-refractivity contribution in [2.45, 2.75) is 59.8 Å². The van der Waals surface area contributed by atoms with Crippen LogP contribution in [0.25, 0.3) is 0 Å². The van der Waals surface area contributed by atoms with Gasteiger partial charge in [-0.15, -0.1) is 0 Å². The van der Waals surface area contributed by atoms with Crippen LogP contribution in [0.5, 0.6) is 0 Å². The summed E-state index contributed by atoms with van der Waals surface area (Å²) in [5, 5.41) is 3.60. The summed E-state index contributed by atoms with van der Waals surface area (Å²) in [6.45, 7) is 14.0. The van der Waals surface area contributed by atoms with Gasteiger partial charge in [0, 0.05) is 13.1 Å². The van der Waals surface area contributed by atoms with E-state index in [1.807, 2.05) is 0 Å². The van der Waals surface area contributed by atoms with Crippen molar-refractivity contribution in [2.24, 2.45) is 5.41 Å². The largest absolute Gasteiger partial charge is 0.316 e. The van der Waals surface area contributed by atoms with Gasteiger partial charge in [0.1, 0.15) is 0 Å². The minimum Gasteiger partial charge on any atom is -0.316 e. The molecule has 0 aromatic rings. The van der Waals surface area contributed by atoms with E-state index in [2.05, 4.69) is 45.0 Å². The lowest BCUT2D eigenvalue weighted by Gasteiger charge is -2.34. The van der Waals surface area contributed by atoms with Gasteiger partial charge in [-0.05, 0) is 44.8 Å². The van der Waals surface area contributed by atoms with Crippen LogP contribution < -0.4 is 5.32 Å². The maximum atomic E-state index is 3.60. The van der Waals surface area contributed by atoms with E-state index in [4.69, 9.17) is 0 Å². The number of nitrogens with zero attached hydrogens (tertiary/aromatic N) is 1. The van der Waals surface area contributed by atoms with E-state index in [-0.39, 0.29) is 0 Å². The quantitative estimate of drug-likeness (QED) is 0.558. The molecule has 0 saturated heterocycles. The molecule has 0 saturated carbocycles. The summed E-state index contributed by atoms with van der Waals surface area (Å²) in [6, 6.07) is 0. The first-order chi connectivity index (χ1) is 8.08. The highest BCUT2D eigenvalue weighted by molar-refractivity contribution is 4.79. The van der Waals surface area contributed by atoms with Crippen molar-refractivity contribution < 1.29 is 0 Å². The number of rotatable bonds is 11. The van der Waals surface area contributed by atoms with E-state index in [1.165, 1.54) is 45.2 Å². The van der Waals surface area contributed by atoms with Crippen LogP contribution in [0.3, 0.4) is 0 Å². The lowest BCUT2D eigenvalue weighted by molar-refractivity contribution is 0.172. The predicted octanol–water partition coefficient (Wildman–Crippen LogP) is 3.52. The van der Waals surface area contributed by atoms with Crippen molar-refractivity contribution in [1.29, 1.82) is 0 Å². The molecule has 17 heavy (non-hydrogen) atoms. The Morgan fingerprint density at radius 1 is 1.06 bits per heavy atom. The molecule has 0 aliphatic carbocycles. The van der Waals surface area contributed by atoms with Crippen LogP contribution in [-0.4, -0.2) is 38.1 Å². The Morgan fingerprint density at radius 2 is 1.76 bits per heavy atom. The van der Waals surface area contributed by atoms with Crippen molar-refractivity contribution >= 4 is 0 Å². The van der Waals surface area contributed by atoms with Gasteiger partial charge in [0.2, 0.25) is 0 Å². The SMILES string of the molecule is CCCCN(C)CC(C)(CCC)CNCCC. The second kappa shape index (κ2) is 9.90. The zero-order chi connectivity index (χ0) is 13.1. The predicted molar refractivity (Wildman–Crippen MR) is 78.6 cm³/mol. The first-order valence-corrected chi connectivity index (χ1v) is 7.47. The maximum Gasteiger partial charge on any atom is 0.00444 e. The normalized spacial score (nSPS) is 15.2. The Hall–Kier alpha value is -0.0800. The third-order valence-electron chi connectivity index (χ3n) is 3.38. The molecule has 104 valence electrons. The van der Waals surface area contributed by atoms with E-state index in [0.717, 1.165) is 13.1 Å². The van der Waals surface area contributed by atoms with Gasteiger partial charge in [-0.3, -0.25) is 0 Å². The molecule has 0 spiro atoms. The summed E-state index contributed by atoms with van der Waals surface area (Å²) in [4.78, 5) is 2.51.